The minimum absolute atomic E-state index is 0.0369. The predicted molar refractivity (Wildman–Crippen MR) is 80.7 cm³/mol. The Balaban J connectivity index is 2.88. The molecule has 0 aliphatic heterocycles. The molecule has 0 saturated heterocycles. The first-order valence-electron chi connectivity index (χ1n) is 6.20. The molecular formula is C13H22N4O2S. The quantitative estimate of drug-likeness (QED) is 0.559. The van der Waals surface area contributed by atoms with Gasteiger partial charge in [-0.05, 0) is 32.4 Å². The van der Waals surface area contributed by atoms with Gasteiger partial charge in [-0.25, -0.2) is 0 Å². The second-order valence-corrected chi connectivity index (χ2v) is 7.50. The molecule has 0 amide bonds. The zero-order valence-corrected chi connectivity index (χ0v) is 13.1. The molecule has 0 aliphatic carbocycles. The van der Waals surface area contributed by atoms with Crippen LogP contribution in [0.4, 0.5) is 0 Å². The predicted octanol–water partition coefficient (Wildman–Crippen LogP) is 1.04. The van der Waals surface area contributed by atoms with Gasteiger partial charge in [-0.2, -0.15) is 17.4 Å². The van der Waals surface area contributed by atoms with Crippen LogP contribution in [0.15, 0.2) is 24.3 Å². The summed E-state index contributed by atoms with van der Waals surface area (Å²) in [6, 6.07) is 6.98. The minimum atomic E-state index is -3.55. The van der Waals surface area contributed by atoms with Crippen LogP contribution in [0.1, 0.15) is 31.9 Å². The average Bonchev–Trinajstić information content (AvgIpc) is 2.26. The lowest BCUT2D eigenvalue weighted by Crippen LogP contribution is -2.47. The molecule has 0 heterocycles. The molecule has 7 heteroatoms. The molecule has 0 radical (unpaired) electrons. The number of amidine groups is 1. The number of benzene rings is 1. The van der Waals surface area contributed by atoms with E-state index >= 15 is 0 Å². The van der Waals surface area contributed by atoms with Gasteiger partial charge in [-0.1, -0.05) is 18.2 Å². The summed E-state index contributed by atoms with van der Waals surface area (Å²) in [5.74, 6) is -0.0369. The number of nitrogens with zero attached hydrogens (tertiary/aromatic N) is 1. The van der Waals surface area contributed by atoms with Crippen molar-refractivity contribution in [1.29, 1.82) is 5.41 Å². The van der Waals surface area contributed by atoms with Gasteiger partial charge >= 0.3 is 0 Å². The Hall–Kier alpha value is -1.44. The van der Waals surface area contributed by atoms with Gasteiger partial charge < -0.3 is 5.73 Å². The first-order chi connectivity index (χ1) is 9.01. The Morgan fingerprint density at radius 2 is 2.00 bits per heavy atom. The summed E-state index contributed by atoms with van der Waals surface area (Å²) < 4.78 is 28.1. The highest BCUT2D eigenvalue weighted by atomic mass is 32.2. The summed E-state index contributed by atoms with van der Waals surface area (Å²) >= 11 is 0. The van der Waals surface area contributed by atoms with Crippen LogP contribution in [0, 0.1) is 5.41 Å². The molecule has 4 N–H and O–H groups in total. The molecule has 0 unspecified atom stereocenters. The van der Waals surface area contributed by atoms with Gasteiger partial charge in [0.2, 0.25) is 0 Å². The standard InChI is InChI=1S/C13H22N4O2S/c1-13(2,3)16-20(18,19)17(4)9-10-6-5-7-11(8-10)12(14)15/h5-8,16H,9H2,1-4H3,(H3,14,15). The van der Waals surface area contributed by atoms with E-state index in [1.165, 1.54) is 11.4 Å². The van der Waals surface area contributed by atoms with Crippen LogP contribution >= 0.6 is 0 Å². The van der Waals surface area contributed by atoms with Crippen molar-refractivity contribution in [3.05, 3.63) is 35.4 Å². The number of nitrogens with one attached hydrogen (secondary N) is 2. The molecule has 0 spiro atoms. The molecule has 0 bridgehead atoms. The maximum Gasteiger partial charge on any atom is 0.279 e. The lowest BCUT2D eigenvalue weighted by atomic mass is 10.1. The molecule has 0 fully saturated rings. The molecule has 6 nitrogen and oxygen atoms in total. The maximum absolute atomic E-state index is 12.1. The van der Waals surface area contributed by atoms with Crippen molar-refractivity contribution < 1.29 is 8.42 Å². The van der Waals surface area contributed by atoms with Crippen LogP contribution in [0.25, 0.3) is 0 Å². The van der Waals surface area contributed by atoms with Crippen molar-refractivity contribution in [2.24, 2.45) is 5.73 Å². The van der Waals surface area contributed by atoms with E-state index < -0.39 is 15.7 Å². The third kappa shape index (κ3) is 4.92. The van der Waals surface area contributed by atoms with Crippen LogP contribution < -0.4 is 10.5 Å². The first-order valence-corrected chi connectivity index (χ1v) is 7.64. The van der Waals surface area contributed by atoms with Crippen molar-refractivity contribution in [1.82, 2.24) is 9.03 Å². The van der Waals surface area contributed by atoms with Gasteiger partial charge in [-0.15, -0.1) is 0 Å². The van der Waals surface area contributed by atoms with Crippen LogP contribution in [-0.2, 0) is 16.8 Å². The Labute approximate surface area is 120 Å². The van der Waals surface area contributed by atoms with E-state index in [9.17, 15) is 8.42 Å². The van der Waals surface area contributed by atoms with Gasteiger partial charge in [0.25, 0.3) is 10.2 Å². The van der Waals surface area contributed by atoms with Crippen molar-refractivity contribution in [2.75, 3.05) is 7.05 Å². The van der Waals surface area contributed by atoms with Gasteiger partial charge in [0.15, 0.2) is 0 Å². The summed E-state index contributed by atoms with van der Waals surface area (Å²) in [5, 5.41) is 7.39. The second kappa shape index (κ2) is 5.90. The van der Waals surface area contributed by atoms with Crippen LogP contribution in [-0.4, -0.2) is 31.1 Å². The highest BCUT2D eigenvalue weighted by molar-refractivity contribution is 7.87. The zero-order valence-electron chi connectivity index (χ0n) is 12.3. The minimum Gasteiger partial charge on any atom is -0.384 e. The molecule has 112 valence electrons. The van der Waals surface area contributed by atoms with Gasteiger partial charge in [-0.3, -0.25) is 5.41 Å². The fourth-order valence-electron chi connectivity index (χ4n) is 1.64. The van der Waals surface area contributed by atoms with Crippen LogP contribution in [0.3, 0.4) is 0 Å². The largest absolute Gasteiger partial charge is 0.384 e. The molecule has 1 rings (SSSR count). The Morgan fingerprint density at radius 3 is 2.50 bits per heavy atom. The monoisotopic (exact) mass is 298 g/mol. The van der Waals surface area contributed by atoms with Crippen molar-refractivity contribution in [2.45, 2.75) is 32.9 Å². The average molecular weight is 298 g/mol. The SMILES string of the molecule is CN(Cc1cccc(C(=N)N)c1)S(=O)(=O)NC(C)(C)C. The highest BCUT2D eigenvalue weighted by Crippen LogP contribution is 2.11. The topological polar surface area (TPSA) is 99.3 Å². The maximum atomic E-state index is 12.1. The fourth-order valence-corrected chi connectivity index (χ4v) is 2.89. The second-order valence-electron chi connectivity index (χ2n) is 5.73. The van der Waals surface area contributed by atoms with Gasteiger partial charge in [0, 0.05) is 24.7 Å². The van der Waals surface area contributed by atoms with Crippen molar-refractivity contribution >= 4 is 16.0 Å². The zero-order chi connectivity index (χ0) is 15.6. The molecular weight excluding hydrogens is 276 g/mol. The first kappa shape index (κ1) is 16.6. The summed E-state index contributed by atoms with van der Waals surface area (Å²) in [6.07, 6.45) is 0. The molecule has 1 aromatic carbocycles. The number of nitrogens with two attached hydrogens (primary N) is 1. The van der Waals surface area contributed by atoms with E-state index in [2.05, 4.69) is 4.72 Å². The van der Waals surface area contributed by atoms with E-state index in [0.717, 1.165) is 5.56 Å². The third-order valence-electron chi connectivity index (χ3n) is 2.49. The normalized spacial score (nSPS) is 12.7. The van der Waals surface area contributed by atoms with Crippen molar-refractivity contribution in [3.63, 3.8) is 0 Å². The summed E-state index contributed by atoms with van der Waals surface area (Å²) in [6.45, 7) is 5.57. The molecule has 0 aliphatic rings. The number of hydrogen-bond donors (Lipinski definition) is 3. The van der Waals surface area contributed by atoms with Crippen molar-refractivity contribution in [3.8, 4) is 0 Å². The van der Waals surface area contributed by atoms with Crippen LogP contribution in [0.2, 0.25) is 0 Å². The Kier molecular flexibility index (Phi) is 4.90. The van der Waals surface area contributed by atoms with Gasteiger partial charge in [0.1, 0.15) is 5.84 Å². The summed E-state index contributed by atoms with van der Waals surface area (Å²) in [4.78, 5) is 0. The fraction of sp³-hybridized carbons (Fsp3) is 0.462. The molecule has 20 heavy (non-hydrogen) atoms. The number of nitrogen functional groups attached to an aromatic ring is 1. The molecule has 0 atom stereocenters. The molecule has 1 aromatic rings. The highest BCUT2D eigenvalue weighted by Gasteiger charge is 2.24. The number of hydrogen-bond acceptors (Lipinski definition) is 3. The molecule has 0 saturated carbocycles. The van der Waals surface area contributed by atoms with Crippen LogP contribution in [0.5, 0.6) is 0 Å². The number of rotatable bonds is 5. The van der Waals surface area contributed by atoms with E-state index in [-0.39, 0.29) is 12.4 Å². The lowest BCUT2D eigenvalue weighted by Gasteiger charge is -2.25. The smallest absolute Gasteiger partial charge is 0.279 e. The Morgan fingerprint density at radius 1 is 1.40 bits per heavy atom. The van der Waals surface area contributed by atoms with E-state index in [1.807, 2.05) is 0 Å². The third-order valence-corrected chi connectivity index (χ3v) is 4.31. The van der Waals surface area contributed by atoms with E-state index in [1.54, 1.807) is 45.0 Å². The van der Waals surface area contributed by atoms with E-state index in [4.69, 9.17) is 11.1 Å². The summed E-state index contributed by atoms with van der Waals surface area (Å²) in [7, 11) is -2.04. The summed E-state index contributed by atoms with van der Waals surface area (Å²) in [5.41, 5.74) is 6.25. The van der Waals surface area contributed by atoms with E-state index in [0.29, 0.717) is 5.56 Å². The van der Waals surface area contributed by atoms with Gasteiger partial charge in [0.05, 0.1) is 0 Å². The lowest BCUT2D eigenvalue weighted by molar-refractivity contribution is 0.421. The Bertz CT molecular complexity index is 591. The molecule has 0 aromatic heterocycles.